The zero-order valence-electron chi connectivity index (χ0n) is 11.5. The van der Waals surface area contributed by atoms with Crippen LogP contribution >= 0.6 is 15.9 Å². The molecular weight excluding hydrogens is 324 g/mol. The Morgan fingerprint density at radius 2 is 2.25 bits per heavy atom. The molecule has 20 heavy (non-hydrogen) atoms. The van der Waals surface area contributed by atoms with Crippen LogP contribution in [-0.2, 0) is 9.53 Å². The molecule has 1 fully saturated rings. The number of rotatable bonds is 5. The first-order valence-corrected chi connectivity index (χ1v) is 7.45. The van der Waals surface area contributed by atoms with E-state index in [1.165, 1.54) is 0 Å². The van der Waals surface area contributed by atoms with Gasteiger partial charge in [0, 0.05) is 16.7 Å². The summed E-state index contributed by atoms with van der Waals surface area (Å²) in [4.78, 5) is 30.2. The maximum Gasteiger partial charge on any atom is 0.328 e. The average Bonchev–Trinajstić information content (AvgIpc) is 3.24. The lowest BCUT2D eigenvalue weighted by Gasteiger charge is -2.27. The molecule has 6 heteroatoms. The van der Waals surface area contributed by atoms with E-state index in [0.29, 0.717) is 16.8 Å². The smallest absolute Gasteiger partial charge is 0.328 e. The maximum absolute atomic E-state index is 12.6. The number of nitrogens with zero attached hydrogens (tertiary/aromatic N) is 2. The Balaban J connectivity index is 2.23. The highest BCUT2D eigenvalue weighted by molar-refractivity contribution is 9.10. The molecule has 0 unspecified atom stereocenters. The Kier molecular flexibility index (Phi) is 4.75. The Morgan fingerprint density at radius 1 is 1.55 bits per heavy atom. The van der Waals surface area contributed by atoms with E-state index in [1.54, 1.807) is 37.1 Å². The van der Waals surface area contributed by atoms with E-state index in [2.05, 4.69) is 20.9 Å². The minimum atomic E-state index is -0.594. The number of pyridine rings is 1. The normalized spacial score (nSPS) is 15.6. The zero-order chi connectivity index (χ0) is 14.7. The highest BCUT2D eigenvalue weighted by Gasteiger charge is 2.40. The number of amides is 1. The van der Waals surface area contributed by atoms with Gasteiger partial charge in [0.15, 0.2) is 0 Å². The molecule has 1 saturated carbocycles. The second-order valence-corrected chi connectivity index (χ2v) is 5.56. The molecule has 2 rings (SSSR count). The van der Waals surface area contributed by atoms with Crippen LogP contribution < -0.4 is 0 Å². The van der Waals surface area contributed by atoms with Gasteiger partial charge in [0.25, 0.3) is 5.91 Å². The van der Waals surface area contributed by atoms with E-state index in [9.17, 15) is 9.59 Å². The minimum absolute atomic E-state index is 0.107. The predicted octanol–water partition coefficient (Wildman–Crippen LogP) is 2.40. The van der Waals surface area contributed by atoms with Gasteiger partial charge in [-0.25, -0.2) is 9.78 Å². The van der Waals surface area contributed by atoms with Crippen molar-refractivity contribution in [2.45, 2.75) is 38.8 Å². The van der Waals surface area contributed by atoms with E-state index < -0.39 is 6.04 Å². The highest BCUT2D eigenvalue weighted by Crippen LogP contribution is 2.31. The van der Waals surface area contributed by atoms with Gasteiger partial charge in [-0.1, -0.05) is 0 Å². The van der Waals surface area contributed by atoms with E-state index in [4.69, 9.17) is 4.74 Å². The van der Waals surface area contributed by atoms with E-state index in [0.717, 1.165) is 12.8 Å². The Morgan fingerprint density at radius 3 is 2.80 bits per heavy atom. The topological polar surface area (TPSA) is 59.5 Å². The lowest BCUT2D eigenvalue weighted by Crippen LogP contribution is -2.45. The molecule has 0 N–H and O–H groups in total. The van der Waals surface area contributed by atoms with E-state index in [-0.39, 0.29) is 17.9 Å². The second-order valence-electron chi connectivity index (χ2n) is 4.71. The fraction of sp³-hybridized carbons (Fsp3) is 0.500. The molecule has 0 saturated heterocycles. The summed E-state index contributed by atoms with van der Waals surface area (Å²) in [5.41, 5.74) is 0.329. The molecule has 1 aliphatic rings. The van der Waals surface area contributed by atoms with Gasteiger partial charge < -0.3 is 9.64 Å². The SMILES string of the molecule is CCOC(=O)[C@@H](C)N(C(=O)c1ncccc1Br)C1CC1. The summed E-state index contributed by atoms with van der Waals surface area (Å²) in [5.74, 6) is -0.611. The van der Waals surface area contributed by atoms with Crippen molar-refractivity contribution in [3.8, 4) is 0 Å². The number of halogens is 1. The molecule has 0 radical (unpaired) electrons. The van der Waals surface area contributed by atoms with Crippen LogP contribution in [0.2, 0.25) is 0 Å². The molecule has 1 heterocycles. The average molecular weight is 341 g/mol. The van der Waals surface area contributed by atoms with Crippen molar-refractivity contribution in [2.75, 3.05) is 6.61 Å². The fourth-order valence-corrected chi connectivity index (χ4v) is 2.48. The minimum Gasteiger partial charge on any atom is -0.464 e. The first-order chi connectivity index (χ1) is 9.56. The van der Waals surface area contributed by atoms with Crippen LogP contribution in [0.1, 0.15) is 37.2 Å². The van der Waals surface area contributed by atoms with Gasteiger partial charge in [0.05, 0.1) is 6.61 Å². The Labute approximate surface area is 126 Å². The van der Waals surface area contributed by atoms with Crippen molar-refractivity contribution in [3.05, 3.63) is 28.5 Å². The number of hydrogen-bond donors (Lipinski definition) is 0. The van der Waals surface area contributed by atoms with Crippen molar-refractivity contribution < 1.29 is 14.3 Å². The van der Waals surface area contributed by atoms with Crippen molar-refractivity contribution in [1.29, 1.82) is 0 Å². The third-order valence-corrected chi connectivity index (χ3v) is 3.82. The van der Waals surface area contributed by atoms with Gasteiger partial charge >= 0.3 is 5.97 Å². The van der Waals surface area contributed by atoms with Crippen molar-refractivity contribution in [1.82, 2.24) is 9.88 Å². The molecule has 1 aliphatic carbocycles. The summed E-state index contributed by atoms with van der Waals surface area (Å²) in [6, 6.07) is 3.02. The van der Waals surface area contributed by atoms with Gasteiger partial charge in [-0.05, 0) is 54.8 Å². The summed E-state index contributed by atoms with van der Waals surface area (Å²) in [5, 5.41) is 0. The summed E-state index contributed by atoms with van der Waals surface area (Å²) in [7, 11) is 0. The number of carbonyl (C=O) groups excluding carboxylic acids is 2. The molecule has 0 bridgehead atoms. The van der Waals surface area contributed by atoms with Crippen LogP contribution in [0, 0.1) is 0 Å². The number of aromatic nitrogens is 1. The standard InChI is InChI=1S/C14H17BrN2O3/c1-3-20-14(19)9(2)17(10-6-7-10)13(18)12-11(15)5-4-8-16-12/h4-5,8-10H,3,6-7H2,1-2H3/t9-/m1/s1. The number of ether oxygens (including phenoxy) is 1. The van der Waals surface area contributed by atoms with Gasteiger partial charge in [0.1, 0.15) is 11.7 Å². The number of carbonyl (C=O) groups is 2. The lowest BCUT2D eigenvalue weighted by atomic mass is 10.2. The van der Waals surface area contributed by atoms with Crippen LogP contribution in [0.4, 0.5) is 0 Å². The van der Waals surface area contributed by atoms with Gasteiger partial charge in [-0.15, -0.1) is 0 Å². The maximum atomic E-state index is 12.6. The van der Waals surface area contributed by atoms with Crippen LogP contribution in [0.15, 0.2) is 22.8 Å². The first-order valence-electron chi connectivity index (χ1n) is 6.66. The Bertz CT molecular complexity index is 517. The quantitative estimate of drug-likeness (QED) is 0.772. The van der Waals surface area contributed by atoms with E-state index in [1.807, 2.05) is 0 Å². The van der Waals surface area contributed by atoms with E-state index >= 15 is 0 Å². The third kappa shape index (κ3) is 3.17. The molecule has 1 atom stereocenters. The number of esters is 1. The van der Waals surface area contributed by atoms with Crippen LogP contribution in [0.25, 0.3) is 0 Å². The molecule has 1 amide bonds. The fourth-order valence-electron chi connectivity index (χ4n) is 2.05. The molecule has 1 aromatic heterocycles. The summed E-state index contributed by atoms with van der Waals surface area (Å²) in [6.45, 7) is 3.76. The van der Waals surface area contributed by atoms with Crippen LogP contribution in [0.3, 0.4) is 0 Å². The lowest BCUT2D eigenvalue weighted by molar-refractivity contribution is -0.148. The molecule has 5 nitrogen and oxygen atoms in total. The first kappa shape index (κ1) is 15.0. The van der Waals surface area contributed by atoms with Crippen molar-refractivity contribution in [3.63, 3.8) is 0 Å². The van der Waals surface area contributed by atoms with Crippen LogP contribution in [0.5, 0.6) is 0 Å². The molecule has 0 aliphatic heterocycles. The van der Waals surface area contributed by atoms with Crippen molar-refractivity contribution >= 4 is 27.8 Å². The molecule has 1 aromatic rings. The molecule has 0 aromatic carbocycles. The highest BCUT2D eigenvalue weighted by atomic mass is 79.9. The van der Waals surface area contributed by atoms with Gasteiger partial charge in [-0.2, -0.15) is 0 Å². The van der Waals surface area contributed by atoms with Gasteiger partial charge in [0.2, 0.25) is 0 Å². The third-order valence-electron chi connectivity index (χ3n) is 3.18. The Hall–Kier alpha value is -1.43. The summed E-state index contributed by atoms with van der Waals surface area (Å²) < 4.78 is 5.65. The largest absolute Gasteiger partial charge is 0.464 e. The zero-order valence-corrected chi connectivity index (χ0v) is 13.1. The van der Waals surface area contributed by atoms with Crippen molar-refractivity contribution in [2.24, 2.45) is 0 Å². The molecule has 0 spiro atoms. The second kappa shape index (κ2) is 6.35. The predicted molar refractivity (Wildman–Crippen MR) is 77.2 cm³/mol. The summed E-state index contributed by atoms with van der Waals surface area (Å²) in [6.07, 6.45) is 3.40. The van der Waals surface area contributed by atoms with Gasteiger partial charge in [-0.3, -0.25) is 4.79 Å². The number of hydrogen-bond acceptors (Lipinski definition) is 4. The van der Waals surface area contributed by atoms with Crippen LogP contribution in [-0.4, -0.2) is 40.5 Å². The molecular formula is C14H17BrN2O3. The molecule has 108 valence electrons. The monoisotopic (exact) mass is 340 g/mol. The summed E-state index contributed by atoms with van der Waals surface area (Å²) >= 11 is 3.33.